The number of H-pyrrole nitrogens is 1. The zero-order chi connectivity index (χ0) is 24.2. The van der Waals surface area contributed by atoms with Crippen LogP contribution in [0.2, 0.25) is 0 Å². The number of hydrogen-bond acceptors (Lipinski definition) is 6. The SMILES string of the molecule is COC[C@@H](NC(=O)c1cc(=O)[nH]c(-c2ccc(C)cn2)n1)c1ccc(OC(F)(F)F)c(F)c1. The minimum Gasteiger partial charge on any atom is -0.403 e. The Labute approximate surface area is 184 Å². The Morgan fingerprint density at radius 2 is 1.97 bits per heavy atom. The fourth-order valence-electron chi connectivity index (χ4n) is 2.86. The van der Waals surface area contributed by atoms with Crippen molar-refractivity contribution in [1.29, 1.82) is 0 Å². The standard InChI is InChI=1S/C21H18F4N4O4/c1-11-3-5-14(26-9-11)19-27-15(8-18(30)29-19)20(31)28-16(10-32-2)12-4-6-17(13(22)7-12)33-21(23,24)25/h3-9,16H,10H2,1-2H3,(H,28,31)(H,27,29,30)/t16-/m1/s1. The van der Waals surface area contributed by atoms with E-state index in [1.165, 1.54) is 7.11 Å². The summed E-state index contributed by atoms with van der Waals surface area (Å²) in [6.07, 6.45) is -3.49. The van der Waals surface area contributed by atoms with Crippen LogP contribution in [0.1, 0.15) is 27.7 Å². The van der Waals surface area contributed by atoms with Gasteiger partial charge < -0.3 is 19.8 Å². The van der Waals surface area contributed by atoms with Crippen LogP contribution in [0, 0.1) is 12.7 Å². The van der Waals surface area contributed by atoms with Crippen molar-refractivity contribution in [3.63, 3.8) is 0 Å². The molecule has 12 heteroatoms. The Hall–Kier alpha value is -3.80. The molecule has 1 aromatic carbocycles. The van der Waals surface area contributed by atoms with Gasteiger partial charge in [-0.25, -0.2) is 9.37 Å². The van der Waals surface area contributed by atoms with Gasteiger partial charge in [-0.15, -0.1) is 13.2 Å². The number of hydrogen-bond donors (Lipinski definition) is 2. The summed E-state index contributed by atoms with van der Waals surface area (Å²) in [5.74, 6) is -3.01. The maximum atomic E-state index is 14.1. The summed E-state index contributed by atoms with van der Waals surface area (Å²) in [7, 11) is 1.32. The summed E-state index contributed by atoms with van der Waals surface area (Å²) in [4.78, 5) is 35.6. The number of nitrogens with zero attached hydrogens (tertiary/aromatic N) is 2. The number of ether oxygens (including phenoxy) is 2. The Balaban J connectivity index is 1.86. The van der Waals surface area contributed by atoms with E-state index in [-0.39, 0.29) is 23.7 Å². The molecule has 0 saturated heterocycles. The molecule has 0 aliphatic heterocycles. The van der Waals surface area contributed by atoms with Crippen molar-refractivity contribution in [2.45, 2.75) is 19.3 Å². The van der Waals surface area contributed by atoms with Gasteiger partial charge in [0, 0.05) is 19.4 Å². The molecule has 174 valence electrons. The van der Waals surface area contributed by atoms with Crippen molar-refractivity contribution >= 4 is 5.91 Å². The summed E-state index contributed by atoms with van der Waals surface area (Å²) >= 11 is 0. The van der Waals surface area contributed by atoms with Crippen molar-refractivity contribution in [3.05, 3.63) is 75.6 Å². The van der Waals surface area contributed by atoms with E-state index in [9.17, 15) is 27.2 Å². The zero-order valence-electron chi connectivity index (χ0n) is 17.4. The second-order valence-corrected chi connectivity index (χ2v) is 6.92. The maximum absolute atomic E-state index is 14.1. The normalized spacial score (nSPS) is 12.3. The topological polar surface area (TPSA) is 106 Å². The number of alkyl halides is 3. The fraction of sp³-hybridized carbons (Fsp3) is 0.238. The van der Waals surface area contributed by atoms with E-state index in [1.54, 1.807) is 18.3 Å². The molecule has 1 amide bonds. The Morgan fingerprint density at radius 1 is 1.21 bits per heavy atom. The fourth-order valence-corrected chi connectivity index (χ4v) is 2.86. The quantitative estimate of drug-likeness (QED) is 0.518. The first kappa shape index (κ1) is 23.9. The molecule has 3 rings (SSSR count). The minimum absolute atomic E-state index is 0.0654. The zero-order valence-corrected chi connectivity index (χ0v) is 17.4. The molecule has 0 spiro atoms. The predicted octanol–water partition coefficient (Wildman–Crippen LogP) is 3.30. The summed E-state index contributed by atoms with van der Waals surface area (Å²) in [6.45, 7) is 1.69. The van der Waals surface area contributed by atoms with Gasteiger partial charge in [0.2, 0.25) is 0 Å². The number of aromatic nitrogens is 3. The number of amides is 1. The number of methoxy groups -OCH3 is 1. The first-order valence-electron chi connectivity index (χ1n) is 9.45. The largest absolute Gasteiger partial charge is 0.573 e. The smallest absolute Gasteiger partial charge is 0.403 e. The van der Waals surface area contributed by atoms with Crippen LogP contribution in [-0.2, 0) is 4.74 Å². The number of halogens is 4. The monoisotopic (exact) mass is 466 g/mol. The highest BCUT2D eigenvalue weighted by Gasteiger charge is 2.32. The summed E-state index contributed by atoms with van der Waals surface area (Å²) in [5.41, 5.74) is 0.493. The van der Waals surface area contributed by atoms with Crippen LogP contribution in [0.3, 0.4) is 0 Å². The molecule has 1 atom stereocenters. The van der Waals surface area contributed by atoms with Gasteiger partial charge in [-0.3, -0.25) is 14.6 Å². The molecule has 0 saturated carbocycles. The van der Waals surface area contributed by atoms with Crippen LogP contribution >= 0.6 is 0 Å². The van der Waals surface area contributed by atoms with Crippen LogP contribution < -0.4 is 15.6 Å². The molecule has 0 unspecified atom stereocenters. The predicted molar refractivity (Wildman–Crippen MR) is 108 cm³/mol. The lowest BCUT2D eigenvalue weighted by Crippen LogP contribution is -2.33. The van der Waals surface area contributed by atoms with E-state index in [0.29, 0.717) is 5.69 Å². The second-order valence-electron chi connectivity index (χ2n) is 6.92. The second kappa shape index (κ2) is 9.77. The molecule has 33 heavy (non-hydrogen) atoms. The highest BCUT2D eigenvalue weighted by atomic mass is 19.4. The molecule has 0 fully saturated rings. The van der Waals surface area contributed by atoms with Gasteiger partial charge >= 0.3 is 6.36 Å². The van der Waals surface area contributed by atoms with Gasteiger partial charge in [-0.2, -0.15) is 0 Å². The molecule has 2 aromatic heterocycles. The van der Waals surface area contributed by atoms with Gasteiger partial charge in [-0.1, -0.05) is 12.1 Å². The molecule has 2 heterocycles. The van der Waals surface area contributed by atoms with Crippen molar-refractivity contribution in [2.24, 2.45) is 0 Å². The molecular weight excluding hydrogens is 448 g/mol. The average molecular weight is 466 g/mol. The van der Waals surface area contributed by atoms with Crippen LogP contribution in [0.15, 0.2) is 47.4 Å². The Kier molecular flexibility index (Phi) is 7.07. The molecule has 0 radical (unpaired) electrons. The number of aromatic amines is 1. The summed E-state index contributed by atoms with van der Waals surface area (Å²) in [5, 5.41) is 2.53. The van der Waals surface area contributed by atoms with Gasteiger partial charge in [0.05, 0.1) is 12.6 Å². The summed E-state index contributed by atoms with van der Waals surface area (Å²) < 4.78 is 59.8. The number of rotatable bonds is 7. The van der Waals surface area contributed by atoms with E-state index in [1.807, 2.05) is 6.92 Å². The average Bonchev–Trinajstić information content (AvgIpc) is 2.74. The number of nitrogens with one attached hydrogen (secondary N) is 2. The third-order valence-corrected chi connectivity index (χ3v) is 4.35. The van der Waals surface area contributed by atoms with E-state index in [4.69, 9.17) is 4.74 Å². The third kappa shape index (κ3) is 6.35. The maximum Gasteiger partial charge on any atom is 0.573 e. The Bertz CT molecular complexity index is 1200. The summed E-state index contributed by atoms with van der Waals surface area (Å²) in [6, 6.07) is 6.12. The number of carbonyl (C=O) groups excluding carboxylic acids is 1. The lowest BCUT2D eigenvalue weighted by atomic mass is 10.1. The molecule has 8 nitrogen and oxygen atoms in total. The molecular formula is C21H18F4N4O4. The highest BCUT2D eigenvalue weighted by Crippen LogP contribution is 2.28. The van der Waals surface area contributed by atoms with Crippen LogP contribution in [0.25, 0.3) is 11.5 Å². The van der Waals surface area contributed by atoms with Crippen LogP contribution in [0.4, 0.5) is 17.6 Å². The van der Waals surface area contributed by atoms with E-state index in [0.717, 1.165) is 29.8 Å². The van der Waals surface area contributed by atoms with Crippen LogP contribution in [0.5, 0.6) is 5.75 Å². The number of carbonyl (C=O) groups is 1. The van der Waals surface area contributed by atoms with Gasteiger partial charge in [-0.05, 0) is 36.2 Å². The van der Waals surface area contributed by atoms with Gasteiger partial charge in [0.25, 0.3) is 11.5 Å². The number of pyridine rings is 1. The van der Waals surface area contributed by atoms with Crippen molar-refractivity contribution in [3.8, 4) is 17.3 Å². The lowest BCUT2D eigenvalue weighted by Gasteiger charge is -2.19. The van der Waals surface area contributed by atoms with E-state index in [2.05, 4.69) is 25.0 Å². The van der Waals surface area contributed by atoms with Gasteiger partial charge in [0.1, 0.15) is 11.4 Å². The molecule has 0 aliphatic rings. The number of benzene rings is 1. The van der Waals surface area contributed by atoms with Gasteiger partial charge in [0.15, 0.2) is 17.4 Å². The lowest BCUT2D eigenvalue weighted by molar-refractivity contribution is -0.275. The Morgan fingerprint density at radius 3 is 2.58 bits per heavy atom. The number of aryl methyl sites for hydroxylation is 1. The molecule has 0 bridgehead atoms. The van der Waals surface area contributed by atoms with E-state index < -0.39 is 35.4 Å². The van der Waals surface area contributed by atoms with E-state index >= 15 is 0 Å². The first-order valence-corrected chi connectivity index (χ1v) is 9.45. The highest BCUT2D eigenvalue weighted by molar-refractivity contribution is 5.92. The van der Waals surface area contributed by atoms with Crippen molar-refractivity contribution in [2.75, 3.05) is 13.7 Å². The molecule has 3 aromatic rings. The van der Waals surface area contributed by atoms with Crippen molar-refractivity contribution < 1.29 is 31.8 Å². The van der Waals surface area contributed by atoms with Crippen LogP contribution in [-0.4, -0.2) is 40.9 Å². The first-order chi connectivity index (χ1) is 15.6. The van der Waals surface area contributed by atoms with Crippen molar-refractivity contribution in [1.82, 2.24) is 20.3 Å². The molecule has 2 N–H and O–H groups in total. The molecule has 0 aliphatic carbocycles. The third-order valence-electron chi connectivity index (χ3n) is 4.35. The minimum atomic E-state index is -5.06.